The summed E-state index contributed by atoms with van der Waals surface area (Å²) in [6.07, 6.45) is 13.2. The predicted molar refractivity (Wildman–Crippen MR) is 77.0 cm³/mol. The molecule has 0 bridgehead atoms. The molecule has 0 fully saturated rings. The van der Waals surface area contributed by atoms with Crippen LogP contribution in [0.4, 0.5) is 0 Å². The molecule has 1 N–H and O–H groups in total. The molecular weight excluding hydrogens is 208 g/mol. The molecule has 98 valence electrons. The summed E-state index contributed by atoms with van der Waals surface area (Å²) in [5.41, 5.74) is 2.64. The van der Waals surface area contributed by atoms with E-state index < -0.39 is 0 Å². The Bertz CT molecular complexity index is 271. The SMILES string of the molecule is CCC(C)=CCCC(C)CC=CC(C)=CCO. The van der Waals surface area contributed by atoms with Gasteiger partial charge in [0.05, 0.1) is 6.61 Å². The van der Waals surface area contributed by atoms with Crippen molar-refractivity contribution in [3.05, 3.63) is 35.5 Å². The van der Waals surface area contributed by atoms with Crippen LogP contribution in [0.25, 0.3) is 0 Å². The summed E-state index contributed by atoms with van der Waals surface area (Å²) < 4.78 is 0. The molecule has 0 amide bonds. The highest BCUT2D eigenvalue weighted by Crippen LogP contribution is 2.13. The third-order valence-corrected chi connectivity index (χ3v) is 3.04. The predicted octanol–water partition coefficient (Wildman–Crippen LogP) is 4.64. The summed E-state index contributed by atoms with van der Waals surface area (Å²) in [5.74, 6) is 0.731. The lowest BCUT2D eigenvalue weighted by atomic mass is 10.00. The average Bonchev–Trinajstić information content (AvgIpc) is 2.29. The molecule has 0 aromatic carbocycles. The molecule has 0 saturated carbocycles. The van der Waals surface area contributed by atoms with Crippen molar-refractivity contribution < 1.29 is 5.11 Å². The molecule has 0 saturated heterocycles. The van der Waals surface area contributed by atoms with E-state index in [-0.39, 0.29) is 6.61 Å². The molecule has 17 heavy (non-hydrogen) atoms. The normalized spacial score (nSPS) is 15.6. The van der Waals surface area contributed by atoms with Crippen LogP contribution < -0.4 is 0 Å². The fraction of sp³-hybridized carbons (Fsp3) is 0.625. The van der Waals surface area contributed by atoms with Crippen LogP contribution in [0.1, 0.15) is 53.4 Å². The van der Waals surface area contributed by atoms with E-state index in [9.17, 15) is 0 Å². The van der Waals surface area contributed by atoms with E-state index in [0.29, 0.717) is 0 Å². The average molecular weight is 236 g/mol. The highest BCUT2D eigenvalue weighted by Gasteiger charge is 1.98. The third kappa shape index (κ3) is 10.1. The maximum absolute atomic E-state index is 8.72. The van der Waals surface area contributed by atoms with Crippen molar-refractivity contribution in [1.82, 2.24) is 0 Å². The van der Waals surface area contributed by atoms with Crippen LogP contribution in [0.15, 0.2) is 35.5 Å². The van der Waals surface area contributed by atoms with Crippen molar-refractivity contribution in [3.8, 4) is 0 Å². The quantitative estimate of drug-likeness (QED) is 0.480. The summed E-state index contributed by atoms with van der Waals surface area (Å²) in [5, 5.41) is 8.72. The number of rotatable bonds is 8. The Balaban J connectivity index is 3.80. The fourth-order valence-electron chi connectivity index (χ4n) is 1.57. The van der Waals surface area contributed by atoms with Gasteiger partial charge >= 0.3 is 0 Å². The van der Waals surface area contributed by atoms with Gasteiger partial charge in [-0.3, -0.25) is 0 Å². The second kappa shape index (κ2) is 10.3. The van der Waals surface area contributed by atoms with Crippen molar-refractivity contribution in [1.29, 1.82) is 0 Å². The second-order valence-corrected chi connectivity index (χ2v) is 4.86. The smallest absolute Gasteiger partial charge is 0.0617 e. The lowest BCUT2D eigenvalue weighted by Crippen LogP contribution is -1.91. The Morgan fingerprint density at radius 3 is 2.53 bits per heavy atom. The Kier molecular flexibility index (Phi) is 9.84. The fourth-order valence-corrected chi connectivity index (χ4v) is 1.57. The van der Waals surface area contributed by atoms with Crippen LogP contribution in [0.5, 0.6) is 0 Å². The van der Waals surface area contributed by atoms with Crippen molar-refractivity contribution in [3.63, 3.8) is 0 Å². The van der Waals surface area contributed by atoms with Gasteiger partial charge in [0, 0.05) is 0 Å². The van der Waals surface area contributed by atoms with Crippen LogP contribution in [0.3, 0.4) is 0 Å². The number of hydrogen-bond donors (Lipinski definition) is 1. The van der Waals surface area contributed by atoms with Crippen LogP contribution in [-0.2, 0) is 0 Å². The number of hydrogen-bond acceptors (Lipinski definition) is 1. The first-order valence-electron chi connectivity index (χ1n) is 6.69. The Hall–Kier alpha value is -0.820. The minimum Gasteiger partial charge on any atom is -0.392 e. The van der Waals surface area contributed by atoms with Crippen molar-refractivity contribution >= 4 is 0 Å². The minimum atomic E-state index is 0.132. The molecule has 0 aromatic heterocycles. The molecule has 1 atom stereocenters. The zero-order valence-corrected chi connectivity index (χ0v) is 11.9. The molecule has 0 radical (unpaired) electrons. The maximum atomic E-state index is 8.72. The third-order valence-electron chi connectivity index (χ3n) is 3.04. The van der Waals surface area contributed by atoms with E-state index >= 15 is 0 Å². The zero-order valence-electron chi connectivity index (χ0n) is 11.9. The lowest BCUT2D eigenvalue weighted by molar-refractivity contribution is 0.342. The largest absolute Gasteiger partial charge is 0.392 e. The van der Waals surface area contributed by atoms with Gasteiger partial charge in [-0.05, 0) is 45.4 Å². The number of allylic oxidation sites excluding steroid dienone is 5. The Labute approximate surface area is 107 Å². The van der Waals surface area contributed by atoms with Gasteiger partial charge < -0.3 is 5.11 Å². The van der Waals surface area contributed by atoms with Gasteiger partial charge in [-0.1, -0.05) is 49.3 Å². The molecule has 1 unspecified atom stereocenters. The summed E-state index contributed by atoms with van der Waals surface area (Å²) in [4.78, 5) is 0. The Morgan fingerprint density at radius 2 is 1.94 bits per heavy atom. The molecular formula is C16H28O. The summed E-state index contributed by atoms with van der Waals surface area (Å²) in [6.45, 7) is 8.85. The molecule has 0 heterocycles. The first-order chi connectivity index (χ1) is 8.10. The maximum Gasteiger partial charge on any atom is 0.0617 e. The molecule has 0 aromatic rings. The van der Waals surface area contributed by atoms with Crippen LogP contribution in [0, 0.1) is 5.92 Å². The number of aliphatic hydroxyl groups excluding tert-OH is 1. The summed E-state index contributed by atoms with van der Waals surface area (Å²) >= 11 is 0. The van der Waals surface area contributed by atoms with E-state index in [1.807, 2.05) is 13.0 Å². The molecule has 0 aliphatic rings. The lowest BCUT2D eigenvalue weighted by Gasteiger charge is -2.06. The van der Waals surface area contributed by atoms with Gasteiger partial charge in [-0.2, -0.15) is 0 Å². The van der Waals surface area contributed by atoms with E-state index in [2.05, 4.69) is 39.0 Å². The van der Waals surface area contributed by atoms with Crippen LogP contribution in [-0.4, -0.2) is 11.7 Å². The molecule has 0 aliphatic carbocycles. The minimum absolute atomic E-state index is 0.132. The van der Waals surface area contributed by atoms with Gasteiger partial charge in [0.2, 0.25) is 0 Å². The molecule has 0 spiro atoms. The molecule has 0 aliphatic heterocycles. The Morgan fingerprint density at radius 1 is 1.24 bits per heavy atom. The molecule has 0 rings (SSSR count). The van der Waals surface area contributed by atoms with Crippen molar-refractivity contribution in [2.75, 3.05) is 6.61 Å². The number of aliphatic hydroxyl groups is 1. The van der Waals surface area contributed by atoms with Gasteiger partial charge in [0.15, 0.2) is 0 Å². The molecule has 1 heteroatoms. The first-order valence-corrected chi connectivity index (χ1v) is 6.69. The van der Waals surface area contributed by atoms with E-state index in [0.717, 1.165) is 17.9 Å². The van der Waals surface area contributed by atoms with Gasteiger partial charge in [-0.25, -0.2) is 0 Å². The van der Waals surface area contributed by atoms with E-state index in [1.54, 1.807) is 0 Å². The topological polar surface area (TPSA) is 20.2 Å². The van der Waals surface area contributed by atoms with Gasteiger partial charge in [0.1, 0.15) is 0 Å². The van der Waals surface area contributed by atoms with E-state index in [1.165, 1.54) is 24.8 Å². The van der Waals surface area contributed by atoms with Crippen LogP contribution in [0.2, 0.25) is 0 Å². The van der Waals surface area contributed by atoms with Gasteiger partial charge in [-0.15, -0.1) is 0 Å². The monoisotopic (exact) mass is 236 g/mol. The van der Waals surface area contributed by atoms with Crippen LogP contribution >= 0.6 is 0 Å². The van der Waals surface area contributed by atoms with Crippen molar-refractivity contribution in [2.45, 2.75) is 53.4 Å². The van der Waals surface area contributed by atoms with E-state index in [4.69, 9.17) is 5.11 Å². The molecule has 1 nitrogen and oxygen atoms in total. The highest BCUT2D eigenvalue weighted by atomic mass is 16.2. The summed E-state index contributed by atoms with van der Waals surface area (Å²) in [6, 6.07) is 0. The summed E-state index contributed by atoms with van der Waals surface area (Å²) in [7, 11) is 0. The zero-order chi connectivity index (χ0) is 13.1. The van der Waals surface area contributed by atoms with Crippen molar-refractivity contribution in [2.24, 2.45) is 5.92 Å². The van der Waals surface area contributed by atoms with Gasteiger partial charge in [0.25, 0.3) is 0 Å². The highest BCUT2D eigenvalue weighted by molar-refractivity contribution is 5.15. The first kappa shape index (κ1) is 16.2. The standard InChI is InChI=1S/C16H28O/c1-5-14(2)8-6-9-15(3)10-7-11-16(4)12-13-17/h7-8,11-12,15,17H,5-6,9-10,13H2,1-4H3. The second-order valence-electron chi connectivity index (χ2n) is 4.86.